The minimum Gasteiger partial charge on any atom is -0.337 e. The monoisotopic (exact) mass is 414 g/mol. The number of unbranched alkanes of at least 4 members (excludes halogenated alkanes) is 3. The summed E-state index contributed by atoms with van der Waals surface area (Å²) in [6, 6.07) is 8.39. The highest BCUT2D eigenvalue weighted by Gasteiger charge is 2.31. The van der Waals surface area contributed by atoms with Crippen LogP contribution in [0, 0.1) is 13.8 Å². The molecule has 1 atom stereocenters. The molecule has 156 valence electrons. The van der Waals surface area contributed by atoms with Crippen LogP contribution in [0.1, 0.15) is 42.6 Å². The van der Waals surface area contributed by atoms with Crippen molar-refractivity contribution in [2.24, 2.45) is 7.05 Å². The SMILES string of the molecule is Cc1nn(C)c(C)c1N(C)[S+](O)c1ccc(CCCCCCn2ccnc2)cc1. The molecule has 0 spiro atoms. The van der Waals surface area contributed by atoms with Crippen LogP contribution >= 0.6 is 0 Å². The molecule has 3 aromatic rings. The Balaban J connectivity index is 1.46. The Morgan fingerprint density at radius 2 is 1.79 bits per heavy atom. The van der Waals surface area contributed by atoms with Crippen LogP contribution in [-0.2, 0) is 31.4 Å². The van der Waals surface area contributed by atoms with Crippen LogP contribution < -0.4 is 4.31 Å². The van der Waals surface area contributed by atoms with Crippen LogP contribution in [0.5, 0.6) is 0 Å². The van der Waals surface area contributed by atoms with E-state index in [0.29, 0.717) is 0 Å². The average Bonchev–Trinajstić information content (AvgIpc) is 3.32. The number of benzene rings is 1. The third-order valence-corrected chi connectivity index (χ3v) is 6.77. The largest absolute Gasteiger partial charge is 0.337 e. The smallest absolute Gasteiger partial charge is 0.305 e. The summed E-state index contributed by atoms with van der Waals surface area (Å²) >= 11 is -0.997. The van der Waals surface area contributed by atoms with Crippen molar-refractivity contribution in [1.82, 2.24) is 19.3 Å². The van der Waals surface area contributed by atoms with Crippen molar-refractivity contribution in [3.8, 4) is 0 Å². The third-order valence-electron chi connectivity index (χ3n) is 5.37. The summed E-state index contributed by atoms with van der Waals surface area (Å²) in [6.45, 7) is 5.06. The van der Waals surface area contributed by atoms with Gasteiger partial charge in [0.25, 0.3) is 0 Å². The predicted octanol–water partition coefficient (Wildman–Crippen LogP) is 4.54. The number of anilines is 1. The number of aromatic nitrogens is 4. The molecule has 1 aromatic carbocycles. The fraction of sp³-hybridized carbons (Fsp3) is 0.455. The van der Waals surface area contributed by atoms with Crippen molar-refractivity contribution >= 4 is 17.0 Å². The summed E-state index contributed by atoms with van der Waals surface area (Å²) in [5.74, 6) is 0. The highest BCUT2D eigenvalue weighted by atomic mass is 32.2. The quantitative estimate of drug-likeness (QED) is 0.391. The second kappa shape index (κ2) is 9.98. The highest BCUT2D eigenvalue weighted by molar-refractivity contribution is 7.92. The summed E-state index contributed by atoms with van der Waals surface area (Å²) in [5.41, 5.74) is 4.32. The maximum absolute atomic E-state index is 10.9. The number of aryl methyl sites for hydroxylation is 4. The van der Waals surface area contributed by atoms with E-state index in [1.807, 2.05) is 55.7 Å². The Kier molecular flexibility index (Phi) is 7.39. The molecule has 0 radical (unpaired) electrons. The molecule has 7 heteroatoms. The first-order chi connectivity index (χ1) is 14.0. The third kappa shape index (κ3) is 5.42. The van der Waals surface area contributed by atoms with Crippen LogP contribution in [-0.4, -0.2) is 30.9 Å². The van der Waals surface area contributed by atoms with E-state index in [1.54, 1.807) is 0 Å². The van der Waals surface area contributed by atoms with Gasteiger partial charge in [0.1, 0.15) is 5.69 Å². The first-order valence-corrected chi connectivity index (χ1v) is 11.3. The number of hydrogen-bond donors (Lipinski definition) is 1. The number of rotatable bonds is 10. The second-order valence-corrected chi connectivity index (χ2v) is 9.06. The molecule has 0 saturated heterocycles. The van der Waals surface area contributed by atoms with Crippen LogP contribution in [0.25, 0.3) is 0 Å². The summed E-state index contributed by atoms with van der Waals surface area (Å²) in [4.78, 5) is 5.00. The summed E-state index contributed by atoms with van der Waals surface area (Å²) in [5, 5.41) is 4.46. The Hall–Kier alpha value is -2.25. The maximum atomic E-state index is 10.9. The van der Waals surface area contributed by atoms with Gasteiger partial charge in [0.05, 0.1) is 24.8 Å². The second-order valence-electron chi connectivity index (χ2n) is 7.51. The zero-order chi connectivity index (χ0) is 20.8. The van der Waals surface area contributed by atoms with E-state index in [9.17, 15) is 4.55 Å². The molecule has 3 rings (SSSR count). The molecular weight excluding hydrogens is 382 g/mol. The lowest BCUT2D eigenvalue weighted by Gasteiger charge is -2.14. The Morgan fingerprint density at radius 1 is 1.07 bits per heavy atom. The first kappa shape index (κ1) is 21.5. The molecule has 2 heterocycles. The summed E-state index contributed by atoms with van der Waals surface area (Å²) in [6.07, 6.45) is 11.7. The number of hydrogen-bond acceptors (Lipinski definition) is 4. The van der Waals surface area contributed by atoms with Gasteiger partial charge < -0.3 is 4.57 Å². The summed E-state index contributed by atoms with van der Waals surface area (Å²) in [7, 11) is 3.86. The molecule has 0 saturated carbocycles. The Labute approximate surface area is 176 Å². The molecule has 29 heavy (non-hydrogen) atoms. The van der Waals surface area contributed by atoms with Crippen LogP contribution in [0.4, 0.5) is 5.69 Å². The van der Waals surface area contributed by atoms with Crippen molar-refractivity contribution in [3.05, 3.63) is 59.9 Å². The maximum Gasteiger partial charge on any atom is 0.305 e. The van der Waals surface area contributed by atoms with Gasteiger partial charge in [-0.05, 0) is 50.8 Å². The van der Waals surface area contributed by atoms with Gasteiger partial charge in [-0.3, -0.25) is 4.68 Å². The minimum atomic E-state index is -0.997. The fourth-order valence-electron chi connectivity index (χ4n) is 3.64. The first-order valence-electron chi connectivity index (χ1n) is 10.2. The molecule has 2 aromatic heterocycles. The zero-order valence-electron chi connectivity index (χ0n) is 17.9. The van der Waals surface area contributed by atoms with Gasteiger partial charge in [-0.1, -0.05) is 25.0 Å². The molecule has 0 aliphatic heterocycles. The van der Waals surface area contributed by atoms with E-state index >= 15 is 0 Å². The molecule has 0 bridgehead atoms. The Morgan fingerprint density at radius 3 is 2.41 bits per heavy atom. The van der Waals surface area contributed by atoms with Crippen LogP contribution in [0.2, 0.25) is 0 Å². The van der Waals surface area contributed by atoms with E-state index in [4.69, 9.17) is 0 Å². The van der Waals surface area contributed by atoms with Crippen LogP contribution in [0.15, 0.2) is 47.9 Å². The predicted molar refractivity (Wildman–Crippen MR) is 120 cm³/mol. The van der Waals surface area contributed by atoms with Gasteiger partial charge in [-0.2, -0.15) is 14.0 Å². The fourth-order valence-corrected chi connectivity index (χ4v) is 4.77. The number of nitrogens with zero attached hydrogens (tertiary/aromatic N) is 5. The van der Waals surface area contributed by atoms with Crippen molar-refractivity contribution in [3.63, 3.8) is 0 Å². The molecule has 1 unspecified atom stereocenters. The van der Waals surface area contributed by atoms with Crippen molar-refractivity contribution in [2.45, 2.75) is 57.4 Å². The number of imidazole rings is 1. The van der Waals surface area contributed by atoms with Crippen LogP contribution in [0.3, 0.4) is 0 Å². The van der Waals surface area contributed by atoms with E-state index in [-0.39, 0.29) is 0 Å². The molecular formula is C22H32N5OS+. The molecule has 1 N–H and O–H groups in total. The molecule has 0 fully saturated rings. The van der Waals surface area contributed by atoms with E-state index in [0.717, 1.165) is 34.9 Å². The zero-order valence-corrected chi connectivity index (χ0v) is 18.7. The van der Waals surface area contributed by atoms with E-state index in [2.05, 4.69) is 38.9 Å². The van der Waals surface area contributed by atoms with Crippen molar-refractivity contribution < 1.29 is 4.55 Å². The van der Waals surface area contributed by atoms with Crippen molar-refractivity contribution in [2.75, 3.05) is 11.4 Å². The highest BCUT2D eigenvalue weighted by Crippen LogP contribution is 2.28. The molecule has 0 aliphatic carbocycles. The molecule has 0 amide bonds. The molecule has 6 nitrogen and oxygen atoms in total. The minimum absolute atomic E-state index is 0.930. The van der Waals surface area contributed by atoms with Gasteiger partial charge >= 0.3 is 11.4 Å². The lowest BCUT2D eigenvalue weighted by atomic mass is 10.1. The molecule has 0 aliphatic rings. The average molecular weight is 415 g/mol. The van der Waals surface area contributed by atoms with Gasteiger partial charge in [0, 0.05) is 26.0 Å². The van der Waals surface area contributed by atoms with Gasteiger partial charge in [0.15, 0.2) is 0 Å². The summed E-state index contributed by atoms with van der Waals surface area (Å²) < 4.78 is 16.8. The topological polar surface area (TPSA) is 59.1 Å². The van der Waals surface area contributed by atoms with E-state index < -0.39 is 11.4 Å². The lowest BCUT2D eigenvalue weighted by molar-refractivity contribution is 0.571. The van der Waals surface area contributed by atoms with Gasteiger partial charge in [0.2, 0.25) is 4.90 Å². The van der Waals surface area contributed by atoms with Gasteiger partial charge in [-0.25, -0.2) is 4.98 Å². The van der Waals surface area contributed by atoms with Gasteiger partial charge in [-0.15, -0.1) is 0 Å². The Bertz CT molecular complexity index is 889. The normalized spacial score (nSPS) is 12.3. The van der Waals surface area contributed by atoms with Crippen molar-refractivity contribution in [1.29, 1.82) is 0 Å². The standard InChI is InChI=1S/C22H32N5OS/c1-18-22(19(2)25(3)24-18)26(4)29(28)21-12-10-20(11-13-21)9-7-5-6-8-15-27-16-14-23-17-27/h10-14,16-17,28H,5-9,15H2,1-4H3/q+1. The van der Waals surface area contributed by atoms with E-state index in [1.165, 1.54) is 31.2 Å². The lowest BCUT2D eigenvalue weighted by Crippen LogP contribution is -2.27.